The summed E-state index contributed by atoms with van der Waals surface area (Å²) >= 11 is 0. The van der Waals surface area contributed by atoms with Gasteiger partial charge in [0.05, 0.1) is 18.1 Å². The fourth-order valence-electron chi connectivity index (χ4n) is 1.58. The van der Waals surface area contributed by atoms with E-state index in [1.54, 1.807) is 44.9 Å². The molecule has 0 saturated carbocycles. The van der Waals surface area contributed by atoms with Crippen LogP contribution in [0.15, 0.2) is 12.5 Å². The van der Waals surface area contributed by atoms with Crippen molar-refractivity contribution in [2.45, 2.75) is 45.0 Å². The van der Waals surface area contributed by atoms with Crippen molar-refractivity contribution >= 4 is 6.09 Å². The van der Waals surface area contributed by atoms with Gasteiger partial charge in [0.15, 0.2) is 0 Å². The van der Waals surface area contributed by atoms with Gasteiger partial charge < -0.3 is 24.8 Å². The number of amides is 1. The minimum Gasteiger partial charge on any atom is -0.444 e. The van der Waals surface area contributed by atoms with Crippen molar-refractivity contribution < 1.29 is 19.7 Å². The normalized spacial score (nSPS) is 14.7. The molecular weight excluding hydrogens is 262 g/mol. The van der Waals surface area contributed by atoms with Gasteiger partial charge >= 0.3 is 6.09 Å². The summed E-state index contributed by atoms with van der Waals surface area (Å²) in [5.74, 6) is 0. The number of carbonyl (C=O) groups is 1. The average Bonchev–Trinajstić information content (AvgIpc) is 2.72. The van der Waals surface area contributed by atoms with E-state index >= 15 is 0 Å². The second kappa shape index (κ2) is 6.71. The number of rotatable bonds is 5. The van der Waals surface area contributed by atoms with Crippen molar-refractivity contribution in [1.82, 2.24) is 14.9 Å². The second-order valence-electron chi connectivity index (χ2n) is 5.69. The summed E-state index contributed by atoms with van der Waals surface area (Å²) in [4.78, 5) is 15.4. The largest absolute Gasteiger partial charge is 0.444 e. The summed E-state index contributed by atoms with van der Waals surface area (Å²) in [6, 6.07) is 0. The Bertz CT molecular complexity index is 439. The van der Waals surface area contributed by atoms with Gasteiger partial charge in [-0.3, -0.25) is 0 Å². The van der Waals surface area contributed by atoms with Crippen LogP contribution in [0.4, 0.5) is 4.79 Å². The molecule has 0 aromatic carbocycles. The minimum atomic E-state index is -1.07. The van der Waals surface area contributed by atoms with Crippen LogP contribution in [0.3, 0.4) is 0 Å². The van der Waals surface area contributed by atoms with Gasteiger partial charge in [0.2, 0.25) is 0 Å². The lowest BCUT2D eigenvalue weighted by Crippen LogP contribution is -2.34. The Morgan fingerprint density at radius 3 is 2.65 bits per heavy atom. The SMILES string of the molecule is Cn1cnc(C(O)C(O)CCNC(=O)OC(C)(C)C)c1. The first-order valence-electron chi connectivity index (χ1n) is 6.50. The molecule has 0 aliphatic carbocycles. The summed E-state index contributed by atoms with van der Waals surface area (Å²) in [5.41, 5.74) is -0.159. The number of aliphatic hydroxyl groups excluding tert-OH is 2. The number of nitrogens with one attached hydrogen (secondary N) is 1. The van der Waals surface area contributed by atoms with E-state index in [1.807, 2.05) is 0 Å². The lowest BCUT2D eigenvalue weighted by molar-refractivity contribution is 0.0101. The first-order valence-corrected chi connectivity index (χ1v) is 6.50. The average molecular weight is 285 g/mol. The third kappa shape index (κ3) is 5.58. The van der Waals surface area contributed by atoms with Crippen LogP contribution >= 0.6 is 0 Å². The van der Waals surface area contributed by atoms with Gasteiger partial charge in [-0.15, -0.1) is 0 Å². The number of ether oxygens (including phenoxy) is 1. The van der Waals surface area contributed by atoms with Crippen LogP contribution in [0.2, 0.25) is 0 Å². The molecule has 7 heteroatoms. The molecule has 0 spiro atoms. The maximum atomic E-state index is 11.4. The van der Waals surface area contributed by atoms with Crippen molar-refractivity contribution in [3.05, 3.63) is 18.2 Å². The van der Waals surface area contributed by atoms with Crippen LogP contribution in [-0.2, 0) is 11.8 Å². The van der Waals surface area contributed by atoms with E-state index in [0.717, 1.165) is 0 Å². The van der Waals surface area contributed by atoms with Gasteiger partial charge in [0.1, 0.15) is 11.7 Å². The third-order valence-corrected chi connectivity index (χ3v) is 2.50. The van der Waals surface area contributed by atoms with Crippen LogP contribution < -0.4 is 5.32 Å². The van der Waals surface area contributed by atoms with Gasteiger partial charge in [-0.05, 0) is 27.2 Å². The Kier molecular flexibility index (Phi) is 5.52. The fourth-order valence-corrected chi connectivity index (χ4v) is 1.58. The predicted molar refractivity (Wildman–Crippen MR) is 73.0 cm³/mol. The van der Waals surface area contributed by atoms with Crippen molar-refractivity contribution in [3.63, 3.8) is 0 Å². The highest BCUT2D eigenvalue weighted by molar-refractivity contribution is 5.67. The molecule has 2 unspecified atom stereocenters. The summed E-state index contributed by atoms with van der Waals surface area (Å²) in [6.07, 6.45) is 0.768. The predicted octanol–water partition coefficient (Wildman–Crippen LogP) is 0.729. The molecule has 3 N–H and O–H groups in total. The Labute approximate surface area is 118 Å². The van der Waals surface area contributed by atoms with Crippen LogP contribution in [0.1, 0.15) is 39.0 Å². The maximum absolute atomic E-state index is 11.4. The zero-order chi connectivity index (χ0) is 15.3. The molecular formula is C13H23N3O4. The zero-order valence-corrected chi connectivity index (χ0v) is 12.3. The van der Waals surface area contributed by atoms with Gasteiger partial charge in [-0.2, -0.15) is 0 Å². The van der Waals surface area contributed by atoms with Gasteiger partial charge in [0.25, 0.3) is 0 Å². The number of carbonyl (C=O) groups excluding carboxylic acids is 1. The molecule has 1 heterocycles. The van der Waals surface area contributed by atoms with E-state index in [-0.39, 0.29) is 13.0 Å². The topological polar surface area (TPSA) is 96.6 Å². The molecule has 20 heavy (non-hydrogen) atoms. The van der Waals surface area contributed by atoms with Crippen molar-refractivity contribution in [1.29, 1.82) is 0 Å². The molecule has 2 atom stereocenters. The van der Waals surface area contributed by atoms with Gasteiger partial charge in [0, 0.05) is 19.8 Å². The molecule has 1 amide bonds. The summed E-state index contributed by atoms with van der Waals surface area (Å²) in [5, 5.41) is 22.2. The number of nitrogens with zero attached hydrogens (tertiary/aromatic N) is 2. The van der Waals surface area contributed by atoms with Crippen molar-refractivity contribution in [2.75, 3.05) is 6.54 Å². The number of aromatic nitrogens is 2. The Morgan fingerprint density at radius 2 is 2.15 bits per heavy atom. The molecule has 0 aliphatic heterocycles. The fraction of sp³-hybridized carbons (Fsp3) is 0.692. The number of hydrogen-bond donors (Lipinski definition) is 3. The number of aliphatic hydroxyl groups is 2. The molecule has 0 bridgehead atoms. The first-order chi connectivity index (χ1) is 9.19. The quantitative estimate of drug-likeness (QED) is 0.741. The lowest BCUT2D eigenvalue weighted by Gasteiger charge is -2.20. The van der Waals surface area contributed by atoms with Crippen LogP contribution in [0.25, 0.3) is 0 Å². The van der Waals surface area contributed by atoms with Crippen LogP contribution in [-0.4, -0.2) is 44.1 Å². The van der Waals surface area contributed by atoms with E-state index in [0.29, 0.717) is 5.69 Å². The first kappa shape index (κ1) is 16.5. The highest BCUT2D eigenvalue weighted by atomic mass is 16.6. The zero-order valence-electron chi connectivity index (χ0n) is 12.3. The number of aryl methyl sites for hydroxylation is 1. The third-order valence-electron chi connectivity index (χ3n) is 2.50. The molecule has 7 nitrogen and oxygen atoms in total. The molecule has 0 aliphatic rings. The standard InChI is InChI=1S/C13H23N3O4/c1-13(2,3)20-12(19)14-6-5-10(17)11(18)9-7-16(4)8-15-9/h7-8,10-11,17-18H,5-6H2,1-4H3,(H,14,19). The molecule has 1 aromatic rings. The highest BCUT2D eigenvalue weighted by Crippen LogP contribution is 2.16. The summed E-state index contributed by atoms with van der Waals surface area (Å²) in [7, 11) is 1.78. The van der Waals surface area contributed by atoms with Gasteiger partial charge in [-0.25, -0.2) is 9.78 Å². The minimum absolute atomic E-state index is 0.205. The molecule has 0 saturated heterocycles. The Morgan fingerprint density at radius 1 is 1.50 bits per heavy atom. The second-order valence-corrected chi connectivity index (χ2v) is 5.69. The molecule has 1 rings (SSSR count). The molecule has 0 fully saturated rings. The molecule has 0 radical (unpaired) electrons. The number of imidazole rings is 1. The van der Waals surface area contributed by atoms with E-state index in [2.05, 4.69) is 10.3 Å². The Hall–Kier alpha value is -1.60. The smallest absolute Gasteiger partial charge is 0.407 e. The number of alkyl carbamates (subject to hydrolysis) is 1. The van der Waals surface area contributed by atoms with Crippen LogP contribution in [0, 0.1) is 0 Å². The summed E-state index contributed by atoms with van der Waals surface area (Å²) in [6.45, 7) is 5.52. The lowest BCUT2D eigenvalue weighted by atomic mass is 10.1. The Balaban J connectivity index is 2.33. The number of hydrogen-bond acceptors (Lipinski definition) is 5. The highest BCUT2D eigenvalue weighted by Gasteiger charge is 2.21. The van der Waals surface area contributed by atoms with E-state index in [1.165, 1.54) is 0 Å². The van der Waals surface area contributed by atoms with E-state index < -0.39 is 23.9 Å². The van der Waals surface area contributed by atoms with Crippen LogP contribution in [0.5, 0.6) is 0 Å². The van der Waals surface area contributed by atoms with E-state index in [9.17, 15) is 15.0 Å². The summed E-state index contributed by atoms with van der Waals surface area (Å²) < 4.78 is 6.74. The van der Waals surface area contributed by atoms with Crippen molar-refractivity contribution in [3.8, 4) is 0 Å². The van der Waals surface area contributed by atoms with Gasteiger partial charge in [-0.1, -0.05) is 0 Å². The molecule has 114 valence electrons. The van der Waals surface area contributed by atoms with Crippen molar-refractivity contribution in [2.24, 2.45) is 7.05 Å². The molecule has 1 aromatic heterocycles. The van der Waals surface area contributed by atoms with E-state index in [4.69, 9.17) is 4.74 Å². The monoisotopic (exact) mass is 285 g/mol. The maximum Gasteiger partial charge on any atom is 0.407 e.